The molecule has 0 N–H and O–H groups in total. The first-order chi connectivity index (χ1) is 8.15. The number of Topliss-reactive ketones (excluding diaryl/α,β-unsaturated/α-hetero) is 1. The van der Waals surface area contributed by atoms with Gasteiger partial charge in [-0.05, 0) is 49.9 Å². The molecule has 17 heavy (non-hydrogen) atoms. The number of benzene rings is 1. The Kier molecular flexibility index (Phi) is 4.21. The van der Waals surface area contributed by atoms with E-state index in [2.05, 4.69) is 45.1 Å². The van der Waals surface area contributed by atoms with E-state index in [1.165, 1.54) is 12.1 Å². The van der Waals surface area contributed by atoms with Gasteiger partial charge in [0.05, 0.1) is 0 Å². The summed E-state index contributed by atoms with van der Waals surface area (Å²) in [5, 5.41) is 0. The number of nitrogens with zero attached hydrogens (tertiary/aromatic N) is 1. The molecular weight excluding hydrogens is 278 g/mol. The lowest BCUT2D eigenvalue weighted by Gasteiger charge is -2.18. The van der Waals surface area contributed by atoms with Crippen LogP contribution in [0.4, 0.5) is 5.69 Å². The Balaban J connectivity index is 1.89. The molecule has 1 heterocycles. The average molecular weight is 296 g/mol. The summed E-state index contributed by atoms with van der Waals surface area (Å²) in [6, 6.07) is 8.46. The average Bonchev–Trinajstić information content (AvgIpc) is 2.76. The Morgan fingerprint density at radius 3 is 2.76 bits per heavy atom. The zero-order valence-corrected chi connectivity index (χ0v) is 11.7. The number of rotatable bonds is 4. The molecule has 1 aromatic rings. The van der Waals surface area contributed by atoms with Crippen LogP contribution in [-0.2, 0) is 4.79 Å². The fraction of sp³-hybridized carbons (Fsp3) is 0.500. The summed E-state index contributed by atoms with van der Waals surface area (Å²) in [5.74, 6) is 0.995. The zero-order chi connectivity index (χ0) is 12.3. The number of anilines is 1. The lowest BCUT2D eigenvalue weighted by Crippen LogP contribution is -2.19. The molecule has 1 fully saturated rings. The van der Waals surface area contributed by atoms with Crippen molar-refractivity contribution in [3.05, 3.63) is 28.7 Å². The van der Waals surface area contributed by atoms with Gasteiger partial charge in [-0.2, -0.15) is 0 Å². The fourth-order valence-electron chi connectivity index (χ4n) is 2.36. The van der Waals surface area contributed by atoms with Gasteiger partial charge >= 0.3 is 0 Å². The van der Waals surface area contributed by atoms with E-state index >= 15 is 0 Å². The third-order valence-electron chi connectivity index (χ3n) is 3.38. The quantitative estimate of drug-likeness (QED) is 0.845. The molecule has 2 rings (SSSR count). The minimum atomic E-state index is 0.312. The van der Waals surface area contributed by atoms with Crippen molar-refractivity contribution in [3.8, 4) is 0 Å². The number of ketones is 1. The van der Waals surface area contributed by atoms with Crippen molar-refractivity contribution in [1.29, 1.82) is 0 Å². The largest absolute Gasteiger partial charge is 0.371 e. The monoisotopic (exact) mass is 295 g/mol. The number of carbonyl (C=O) groups is 1. The van der Waals surface area contributed by atoms with Gasteiger partial charge in [0.2, 0.25) is 0 Å². The van der Waals surface area contributed by atoms with Crippen LogP contribution in [0.5, 0.6) is 0 Å². The summed E-state index contributed by atoms with van der Waals surface area (Å²) in [4.78, 5) is 13.4. The molecule has 0 amide bonds. The molecule has 2 nitrogen and oxygen atoms in total. The van der Waals surface area contributed by atoms with Crippen LogP contribution in [0.2, 0.25) is 0 Å². The number of carbonyl (C=O) groups excluding carboxylic acids is 1. The fourth-order valence-corrected chi connectivity index (χ4v) is 2.63. The van der Waals surface area contributed by atoms with Gasteiger partial charge in [-0.25, -0.2) is 0 Å². The molecule has 1 atom stereocenters. The van der Waals surface area contributed by atoms with Crippen LogP contribution in [0.1, 0.15) is 26.2 Å². The smallest absolute Gasteiger partial charge is 0.129 e. The van der Waals surface area contributed by atoms with E-state index in [9.17, 15) is 4.79 Å². The first kappa shape index (κ1) is 12.6. The van der Waals surface area contributed by atoms with Crippen molar-refractivity contribution in [1.82, 2.24) is 0 Å². The first-order valence-corrected chi connectivity index (χ1v) is 6.94. The van der Waals surface area contributed by atoms with Crippen LogP contribution in [0.25, 0.3) is 0 Å². The SMILES string of the molecule is CC(=O)CCC1CCN(c2ccc(Br)cc2)C1. The summed E-state index contributed by atoms with van der Waals surface area (Å²) in [6.45, 7) is 3.89. The first-order valence-electron chi connectivity index (χ1n) is 6.15. The van der Waals surface area contributed by atoms with Gasteiger partial charge in [0.1, 0.15) is 5.78 Å². The van der Waals surface area contributed by atoms with E-state index in [1.807, 2.05) is 0 Å². The van der Waals surface area contributed by atoms with Crippen LogP contribution in [-0.4, -0.2) is 18.9 Å². The third-order valence-corrected chi connectivity index (χ3v) is 3.91. The number of halogens is 1. The molecular formula is C14H18BrNO. The highest BCUT2D eigenvalue weighted by Crippen LogP contribution is 2.27. The Hall–Kier alpha value is -0.830. The van der Waals surface area contributed by atoms with E-state index in [1.54, 1.807) is 6.92 Å². The Morgan fingerprint density at radius 2 is 2.12 bits per heavy atom. The van der Waals surface area contributed by atoms with Crippen LogP contribution >= 0.6 is 15.9 Å². The van der Waals surface area contributed by atoms with Gasteiger partial charge in [0, 0.05) is 29.7 Å². The Morgan fingerprint density at radius 1 is 1.41 bits per heavy atom. The Bertz CT molecular complexity index is 388. The highest BCUT2D eigenvalue weighted by atomic mass is 79.9. The lowest BCUT2D eigenvalue weighted by molar-refractivity contribution is -0.117. The standard InChI is InChI=1S/C14H18BrNO/c1-11(17)2-3-12-8-9-16(10-12)14-6-4-13(15)5-7-14/h4-7,12H,2-3,8-10H2,1H3. The lowest BCUT2D eigenvalue weighted by atomic mass is 10.0. The minimum absolute atomic E-state index is 0.312. The van der Waals surface area contributed by atoms with Gasteiger partial charge in [-0.3, -0.25) is 0 Å². The van der Waals surface area contributed by atoms with Crippen molar-refractivity contribution in [2.75, 3.05) is 18.0 Å². The summed E-state index contributed by atoms with van der Waals surface area (Å²) in [5.41, 5.74) is 1.29. The van der Waals surface area contributed by atoms with Gasteiger partial charge in [-0.1, -0.05) is 15.9 Å². The van der Waals surface area contributed by atoms with E-state index in [0.717, 1.165) is 30.4 Å². The maximum atomic E-state index is 11.0. The van der Waals surface area contributed by atoms with Crippen molar-refractivity contribution in [3.63, 3.8) is 0 Å². The second-order valence-electron chi connectivity index (χ2n) is 4.82. The van der Waals surface area contributed by atoms with Crippen LogP contribution in [0.3, 0.4) is 0 Å². The predicted octanol–water partition coefficient (Wildman–Crippen LogP) is 3.64. The molecule has 92 valence electrons. The molecule has 0 aromatic heterocycles. The topological polar surface area (TPSA) is 20.3 Å². The molecule has 3 heteroatoms. The van der Waals surface area contributed by atoms with E-state index in [0.29, 0.717) is 11.7 Å². The van der Waals surface area contributed by atoms with Crippen LogP contribution in [0.15, 0.2) is 28.7 Å². The summed E-state index contributed by atoms with van der Waals surface area (Å²) < 4.78 is 1.12. The highest BCUT2D eigenvalue weighted by molar-refractivity contribution is 9.10. The van der Waals surface area contributed by atoms with Crippen molar-refractivity contribution in [2.24, 2.45) is 5.92 Å². The molecule has 0 bridgehead atoms. The molecule has 1 aromatic carbocycles. The summed E-state index contributed by atoms with van der Waals surface area (Å²) in [7, 11) is 0. The molecule has 1 aliphatic heterocycles. The second-order valence-corrected chi connectivity index (χ2v) is 5.73. The van der Waals surface area contributed by atoms with Gasteiger partial charge in [0.15, 0.2) is 0 Å². The molecule has 0 aliphatic carbocycles. The highest BCUT2D eigenvalue weighted by Gasteiger charge is 2.22. The predicted molar refractivity (Wildman–Crippen MR) is 74.4 cm³/mol. The molecule has 0 saturated carbocycles. The van der Waals surface area contributed by atoms with E-state index in [4.69, 9.17) is 0 Å². The second kappa shape index (κ2) is 5.67. The van der Waals surface area contributed by atoms with Crippen LogP contribution < -0.4 is 4.90 Å². The Labute approximate surface area is 111 Å². The van der Waals surface area contributed by atoms with Crippen LogP contribution in [0, 0.1) is 5.92 Å². The van der Waals surface area contributed by atoms with Crippen molar-refractivity contribution in [2.45, 2.75) is 26.2 Å². The molecule has 1 saturated heterocycles. The summed E-state index contributed by atoms with van der Waals surface area (Å²) in [6.07, 6.45) is 2.99. The molecule has 0 radical (unpaired) electrons. The zero-order valence-electron chi connectivity index (χ0n) is 10.2. The third kappa shape index (κ3) is 3.56. The van der Waals surface area contributed by atoms with Gasteiger partial charge in [0.25, 0.3) is 0 Å². The number of hydrogen-bond acceptors (Lipinski definition) is 2. The summed E-state index contributed by atoms with van der Waals surface area (Å²) >= 11 is 3.45. The van der Waals surface area contributed by atoms with Gasteiger partial charge < -0.3 is 9.69 Å². The van der Waals surface area contributed by atoms with Crippen molar-refractivity contribution >= 4 is 27.4 Å². The molecule has 0 spiro atoms. The van der Waals surface area contributed by atoms with E-state index in [-0.39, 0.29) is 0 Å². The normalized spacial score (nSPS) is 19.6. The van der Waals surface area contributed by atoms with Crippen molar-refractivity contribution < 1.29 is 4.79 Å². The van der Waals surface area contributed by atoms with E-state index < -0.39 is 0 Å². The molecule has 1 unspecified atom stereocenters. The number of hydrogen-bond donors (Lipinski definition) is 0. The minimum Gasteiger partial charge on any atom is -0.371 e. The molecule has 1 aliphatic rings. The van der Waals surface area contributed by atoms with Gasteiger partial charge in [-0.15, -0.1) is 0 Å². The maximum absolute atomic E-state index is 11.0. The maximum Gasteiger partial charge on any atom is 0.129 e.